The Hall–Kier alpha value is -2.03. The van der Waals surface area contributed by atoms with E-state index in [4.69, 9.17) is 27.9 Å². The summed E-state index contributed by atoms with van der Waals surface area (Å²) >= 11 is 12.2. The molecule has 23 heavy (non-hydrogen) atoms. The van der Waals surface area contributed by atoms with Crippen LogP contribution in [0, 0.1) is 0 Å². The van der Waals surface area contributed by atoms with Crippen molar-refractivity contribution >= 4 is 39.9 Å². The first-order valence-electron chi connectivity index (χ1n) is 7.20. The van der Waals surface area contributed by atoms with Crippen molar-refractivity contribution in [2.75, 3.05) is 0 Å². The minimum atomic E-state index is -0.354. The lowest BCUT2D eigenvalue weighted by molar-refractivity contribution is -0.144. The molecule has 0 aliphatic rings. The first-order chi connectivity index (χ1) is 11.1. The fraction of sp³-hybridized carbons (Fsp3) is 0.105. The maximum atomic E-state index is 12.1. The maximum absolute atomic E-state index is 12.1. The summed E-state index contributed by atoms with van der Waals surface area (Å²) in [7, 11) is 0. The van der Waals surface area contributed by atoms with E-state index in [1.54, 1.807) is 18.2 Å². The van der Waals surface area contributed by atoms with E-state index < -0.39 is 0 Å². The van der Waals surface area contributed by atoms with Crippen LogP contribution < -0.4 is 0 Å². The van der Waals surface area contributed by atoms with Crippen molar-refractivity contribution in [2.24, 2.45) is 0 Å². The zero-order valence-corrected chi connectivity index (χ0v) is 13.8. The first kappa shape index (κ1) is 15.9. The fourth-order valence-corrected chi connectivity index (χ4v) is 3.00. The molecule has 0 spiro atoms. The number of hydrogen-bond acceptors (Lipinski definition) is 2. The summed E-state index contributed by atoms with van der Waals surface area (Å²) in [5.41, 5.74) is 1.57. The summed E-state index contributed by atoms with van der Waals surface area (Å²) in [6.07, 6.45) is 0.0588. The van der Waals surface area contributed by atoms with Crippen LogP contribution in [-0.4, -0.2) is 5.97 Å². The molecule has 0 heterocycles. The molecule has 0 bridgehead atoms. The summed E-state index contributed by atoms with van der Waals surface area (Å²) in [5.74, 6) is -0.354. The second-order valence-electron chi connectivity index (χ2n) is 5.18. The molecule has 0 saturated carbocycles. The molecule has 4 heteroatoms. The Balaban J connectivity index is 1.71. The molecule has 0 radical (unpaired) electrons. The van der Waals surface area contributed by atoms with Crippen LogP contribution in [0.1, 0.15) is 11.1 Å². The van der Waals surface area contributed by atoms with E-state index in [-0.39, 0.29) is 19.0 Å². The highest BCUT2D eigenvalue weighted by atomic mass is 35.5. The molecule has 0 saturated heterocycles. The number of benzene rings is 3. The second kappa shape index (κ2) is 7.03. The predicted octanol–water partition coefficient (Wildman–Crippen LogP) is 5.43. The monoisotopic (exact) mass is 344 g/mol. The molecule has 3 aromatic rings. The van der Waals surface area contributed by atoms with Gasteiger partial charge in [-0.25, -0.2) is 0 Å². The molecule has 116 valence electrons. The zero-order valence-electron chi connectivity index (χ0n) is 12.3. The van der Waals surface area contributed by atoms with Gasteiger partial charge in [-0.15, -0.1) is 0 Å². The Morgan fingerprint density at radius 3 is 2.30 bits per heavy atom. The van der Waals surface area contributed by atoms with Crippen LogP contribution in [0.3, 0.4) is 0 Å². The van der Waals surface area contributed by atoms with Gasteiger partial charge in [-0.05, 0) is 28.5 Å². The quantitative estimate of drug-likeness (QED) is 0.589. The van der Waals surface area contributed by atoms with E-state index in [0.29, 0.717) is 15.6 Å². The summed E-state index contributed by atoms with van der Waals surface area (Å²) in [4.78, 5) is 12.1. The highest BCUT2D eigenvalue weighted by Crippen LogP contribution is 2.25. The van der Waals surface area contributed by atoms with E-state index in [2.05, 4.69) is 0 Å². The van der Waals surface area contributed by atoms with Crippen molar-refractivity contribution in [3.63, 3.8) is 0 Å². The lowest BCUT2D eigenvalue weighted by Crippen LogP contribution is -2.09. The van der Waals surface area contributed by atoms with Crippen LogP contribution in [-0.2, 0) is 22.6 Å². The van der Waals surface area contributed by atoms with Crippen molar-refractivity contribution in [2.45, 2.75) is 13.0 Å². The van der Waals surface area contributed by atoms with Crippen LogP contribution in [0.2, 0.25) is 10.0 Å². The smallest absolute Gasteiger partial charge is 0.310 e. The fourth-order valence-electron chi connectivity index (χ4n) is 2.47. The van der Waals surface area contributed by atoms with Gasteiger partial charge in [-0.3, -0.25) is 4.79 Å². The topological polar surface area (TPSA) is 26.3 Å². The molecule has 2 nitrogen and oxygen atoms in total. The first-order valence-corrected chi connectivity index (χ1v) is 7.96. The number of esters is 1. The molecule has 0 N–H and O–H groups in total. The minimum Gasteiger partial charge on any atom is -0.461 e. The van der Waals surface area contributed by atoms with Crippen LogP contribution in [0.4, 0.5) is 0 Å². The molecule has 0 atom stereocenters. The normalized spacial score (nSPS) is 10.7. The zero-order chi connectivity index (χ0) is 16.2. The van der Waals surface area contributed by atoms with E-state index in [1.807, 2.05) is 42.5 Å². The summed E-state index contributed by atoms with van der Waals surface area (Å²) in [6, 6.07) is 19.1. The molecule has 0 aliphatic carbocycles. The number of ether oxygens (including phenoxy) is 1. The van der Waals surface area contributed by atoms with Crippen LogP contribution >= 0.6 is 23.2 Å². The predicted molar refractivity (Wildman–Crippen MR) is 93.9 cm³/mol. The molecule has 0 fully saturated rings. The van der Waals surface area contributed by atoms with Crippen molar-refractivity contribution in [1.82, 2.24) is 0 Å². The highest BCUT2D eigenvalue weighted by molar-refractivity contribution is 6.36. The third-order valence-corrected chi connectivity index (χ3v) is 4.36. The Kier molecular flexibility index (Phi) is 4.85. The standard InChI is InChI=1S/C19H14Cl2O2/c20-17-9-4-10-18(21)16(17)11-19(22)23-12-14-7-3-6-13-5-1-2-8-15(13)14/h1-10H,11-12H2. The minimum absolute atomic E-state index is 0.0588. The summed E-state index contributed by atoms with van der Waals surface area (Å²) < 4.78 is 5.39. The number of fused-ring (bicyclic) bond motifs is 1. The Morgan fingerprint density at radius 2 is 1.52 bits per heavy atom. The van der Waals surface area contributed by atoms with Gasteiger partial charge in [-0.1, -0.05) is 71.7 Å². The molecular formula is C19H14Cl2O2. The molecule has 3 aromatic carbocycles. The van der Waals surface area contributed by atoms with E-state index in [1.165, 1.54) is 0 Å². The van der Waals surface area contributed by atoms with Gasteiger partial charge in [0.15, 0.2) is 0 Å². The van der Waals surface area contributed by atoms with Gasteiger partial charge in [0.1, 0.15) is 6.61 Å². The third kappa shape index (κ3) is 3.66. The molecule has 0 amide bonds. The van der Waals surface area contributed by atoms with E-state index >= 15 is 0 Å². The number of carbonyl (C=O) groups is 1. The molecule has 3 rings (SSSR count). The van der Waals surface area contributed by atoms with Gasteiger partial charge < -0.3 is 4.74 Å². The molecular weight excluding hydrogens is 331 g/mol. The molecule has 0 unspecified atom stereocenters. The Bertz CT molecular complexity index is 833. The van der Waals surface area contributed by atoms with E-state index in [9.17, 15) is 4.79 Å². The lowest BCUT2D eigenvalue weighted by atomic mass is 10.1. The van der Waals surface area contributed by atoms with Crippen LogP contribution in [0.25, 0.3) is 10.8 Å². The van der Waals surface area contributed by atoms with Gasteiger partial charge in [0.25, 0.3) is 0 Å². The van der Waals surface area contributed by atoms with Crippen molar-refractivity contribution in [3.8, 4) is 0 Å². The Labute approximate surface area is 144 Å². The van der Waals surface area contributed by atoms with Crippen LogP contribution in [0.5, 0.6) is 0 Å². The lowest BCUT2D eigenvalue weighted by Gasteiger charge is -2.09. The summed E-state index contributed by atoms with van der Waals surface area (Å²) in [5, 5.41) is 3.15. The summed E-state index contributed by atoms with van der Waals surface area (Å²) in [6.45, 7) is 0.224. The van der Waals surface area contributed by atoms with Gasteiger partial charge in [0.2, 0.25) is 0 Å². The Morgan fingerprint density at radius 1 is 0.870 bits per heavy atom. The number of hydrogen-bond donors (Lipinski definition) is 0. The number of rotatable bonds is 4. The second-order valence-corrected chi connectivity index (χ2v) is 5.99. The average molecular weight is 345 g/mol. The molecule has 0 aliphatic heterocycles. The highest BCUT2D eigenvalue weighted by Gasteiger charge is 2.12. The van der Waals surface area contributed by atoms with Gasteiger partial charge in [0.05, 0.1) is 6.42 Å². The third-order valence-electron chi connectivity index (χ3n) is 3.65. The van der Waals surface area contributed by atoms with Gasteiger partial charge in [0, 0.05) is 15.6 Å². The number of carbonyl (C=O) groups excluding carboxylic acids is 1. The van der Waals surface area contributed by atoms with Crippen molar-refractivity contribution < 1.29 is 9.53 Å². The maximum Gasteiger partial charge on any atom is 0.310 e. The van der Waals surface area contributed by atoms with Crippen LogP contribution in [0.15, 0.2) is 60.7 Å². The SMILES string of the molecule is O=C(Cc1c(Cl)cccc1Cl)OCc1cccc2ccccc12. The molecule has 0 aromatic heterocycles. The number of halogens is 2. The van der Waals surface area contributed by atoms with Crippen molar-refractivity contribution in [3.05, 3.63) is 81.8 Å². The van der Waals surface area contributed by atoms with Crippen molar-refractivity contribution in [1.29, 1.82) is 0 Å². The van der Waals surface area contributed by atoms with E-state index in [0.717, 1.165) is 16.3 Å². The van der Waals surface area contributed by atoms with Gasteiger partial charge in [-0.2, -0.15) is 0 Å². The van der Waals surface area contributed by atoms with Gasteiger partial charge >= 0.3 is 5.97 Å². The average Bonchev–Trinajstić information content (AvgIpc) is 2.56. The largest absolute Gasteiger partial charge is 0.461 e.